The zero-order valence-corrected chi connectivity index (χ0v) is 29.9. The Morgan fingerprint density at radius 3 is 1.73 bits per heavy atom. The van der Waals surface area contributed by atoms with E-state index in [2.05, 4.69) is 146 Å². The maximum Gasteiger partial charge on any atom is 0.164 e. The monoisotopic (exact) mass is 715 g/mol. The smallest absolute Gasteiger partial charge is 0.164 e. The number of benzene rings is 9. The summed E-state index contributed by atoms with van der Waals surface area (Å²) in [5, 5.41) is 11.1. The van der Waals surface area contributed by atoms with Gasteiger partial charge in [-0.2, -0.15) is 0 Å². The van der Waals surface area contributed by atoms with Crippen LogP contribution in [0.3, 0.4) is 0 Å². The normalized spacial score (nSPS) is 11.9. The Labute approximate surface area is 320 Å². The molecule has 0 radical (unpaired) electrons. The molecule has 0 aliphatic carbocycles. The summed E-state index contributed by atoms with van der Waals surface area (Å²) >= 11 is 0. The van der Waals surface area contributed by atoms with Crippen LogP contribution in [0.25, 0.3) is 121 Å². The third-order valence-corrected chi connectivity index (χ3v) is 11.1. The number of rotatable bonds is 4. The molecule has 0 atom stereocenters. The van der Waals surface area contributed by atoms with Gasteiger partial charge in [0.2, 0.25) is 0 Å². The summed E-state index contributed by atoms with van der Waals surface area (Å²) in [7, 11) is 0. The second-order valence-corrected chi connectivity index (χ2v) is 14.4. The number of fused-ring (bicyclic) bond motifs is 10. The summed E-state index contributed by atoms with van der Waals surface area (Å²) in [5.41, 5.74) is 7.95. The molecule has 0 fully saturated rings. The fourth-order valence-electron chi connectivity index (χ4n) is 8.37. The van der Waals surface area contributed by atoms with Gasteiger partial charge < -0.3 is 8.83 Å². The molecule has 3 heterocycles. The molecule has 0 saturated heterocycles. The number of aromatic nitrogens is 3. The van der Waals surface area contributed by atoms with E-state index in [4.69, 9.17) is 23.8 Å². The largest absolute Gasteiger partial charge is 0.456 e. The molecule has 0 aliphatic heterocycles. The maximum atomic E-state index is 6.81. The molecule has 5 heteroatoms. The maximum absolute atomic E-state index is 6.81. The Bertz CT molecular complexity index is 3550. The van der Waals surface area contributed by atoms with Gasteiger partial charge in [0.15, 0.2) is 17.5 Å². The Kier molecular flexibility index (Phi) is 6.56. The van der Waals surface area contributed by atoms with Crippen molar-refractivity contribution in [2.75, 3.05) is 0 Å². The van der Waals surface area contributed by atoms with Crippen LogP contribution in [-0.2, 0) is 0 Å². The standard InChI is InChI=1S/C51H29N3O2/c1-2-10-30(11-3-1)39-24-25-42(47-43-27-32-13-4-5-14-33(32)28-46(43)56-48(39)47)51-53-49(35-20-22-38-34(26-35)19-18-31-12-6-7-15-37(31)38)52-50(54-51)36-21-23-41-40-16-8-9-17-44(40)55-45(41)29-36/h1-29H. The lowest BCUT2D eigenvalue weighted by molar-refractivity contribution is 0.669. The van der Waals surface area contributed by atoms with E-state index in [1.807, 2.05) is 30.3 Å². The van der Waals surface area contributed by atoms with E-state index in [1.165, 1.54) is 16.2 Å². The van der Waals surface area contributed by atoms with E-state index in [1.54, 1.807) is 0 Å². The van der Waals surface area contributed by atoms with Crippen molar-refractivity contribution in [3.8, 4) is 45.3 Å². The van der Waals surface area contributed by atoms with Crippen molar-refractivity contribution in [1.82, 2.24) is 15.0 Å². The Hall–Kier alpha value is -7.63. The fourth-order valence-corrected chi connectivity index (χ4v) is 8.37. The molecule has 0 aliphatic rings. The first-order chi connectivity index (χ1) is 27.7. The molecule has 12 rings (SSSR count). The molecule has 56 heavy (non-hydrogen) atoms. The van der Waals surface area contributed by atoms with Crippen LogP contribution in [0.2, 0.25) is 0 Å². The molecule has 0 saturated carbocycles. The number of hydrogen-bond donors (Lipinski definition) is 0. The highest BCUT2D eigenvalue weighted by atomic mass is 16.3. The lowest BCUT2D eigenvalue weighted by Crippen LogP contribution is -2.00. The highest BCUT2D eigenvalue weighted by Gasteiger charge is 2.22. The van der Waals surface area contributed by atoms with E-state index in [-0.39, 0.29) is 0 Å². The van der Waals surface area contributed by atoms with Crippen molar-refractivity contribution in [1.29, 1.82) is 0 Å². The quantitative estimate of drug-likeness (QED) is 0.170. The molecule has 0 unspecified atom stereocenters. The van der Waals surface area contributed by atoms with Gasteiger partial charge >= 0.3 is 0 Å². The molecule has 0 bridgehead atoms. The third-order valence-electron chi connectivity index (χ3n) is 11.1. The van der Waals surface area contributed by atoms with Gasteiger partial charge in [-0.1, -0.05) is 127 Å². The highest BCUT2D eigenvalue weighted by molar-refractivity contribution is 6.18. The molecule has 3 aromatic heterocycles. The van der Waals surface area contributed by atoms with Crippen LogP contribution in [0.1, 0.15) is 0 Å². The summed E-state index contributed by atoms with van der Waals surface area (Å²) in [6.45, 7) is 0. The molecule has 5 nitrogen and oxygen atoms in total. The van der Waals surface area contributed by atoms with Gasteiger partial charge in [0.05, 0.1) is 0 Å². The first kappa shape index (κ1) is 30.8. The van der Waals surface area contributed by atoms with Gasteiger partial charge in [-0.05, 0) is 86.4 Å². The van der Waals surface area contributed by atoms with Crippen LogP contribution in [0.15, 0.2) is 185 Å². The van der Waals surface area contributed by atoms with Crippen LogP contribution in [-0.4, -0.2) is 15.0 Å². The minimum Gasteiger partial charge on any atom is -0.456 e. The second-order valence-electron chi connectivity index (χ2n) is 14.4. The topological polar surface area (TPSA) is 65.0 Å². The molecule has 260 valence electrons. The second kappa shape index (κ2) is 11.9. The van der Waals surface area contributed by atoms with Gasteiger partial charge in [-0.15, -0.1) is 0 Å². The van der Waals surface area contributed by atoms with E-state index < -0.39 is 0 Å². The summed E-state index contributed by atoms with van der Waals surface area (Å²) in [6.07, 6.45) is 0. The van der Waals surface area contributed by atoms with Crippen LogP contribution in [0.4, 0.5) is 0 Å². The van der Waals surface area contributed by atoms with Gasteiger partial charge in [-0.25, -0.2) is 15.0 Å². The third kappa shape index (κ3) is 4.78. The van der Waals surface area contributed by atoms with E-state index in [0.717, 1.165) is 87.9 Å². The highest BCUT2D eigenvalue weighted by Crippen LogP contribution is 2.43. The first-order valence-electron chi connectivity index (χ1n) is 18.8. The molecular weight excluding hydrogens is 687 g/mol. The van der Waals surface area contributed by atoms with E-state index in [0.29, 0.717) is 17.5 Å². The number of para-hydroxylation sites is 1. The van der Waals surface area contributed by atoms with Gasteiger partial charge in [-0.3, -0.25) is 0 Å². The molecule has 9 aromatic carbocycles. The minimum atomic E-state index is 0.560. The molecule has 0 spiro atoms. The summed E-state index contributed by atoms with van der Waals surface area (Å²) in [5.74, 6) is 1.71. The SMILES string of the molecule is c1ccc(-c2ccc(-c3nc(-c4ccc5c(ccc6ccccc65)c4)nc(-c4ccc5c(c4)oc4ccccc45)n3)c3c2oc2cc4ccccc4cc23)cc1. The molecular formula is C51H29N3O2. The number of nitrogens with zero attached hydrogens (tertiary/aromatic N) is 3. The van der Waals surface area contributed by atoms with Crippen LogP contribution < -0.4 is 0 Å². The molecule has 0 N–H and O–H groups in total. The van der Waals surface area contributed by atoms with Crippen LogP contribution in [0.5, 0.6) is 0 Å². The summed E-state index contributed by atoms with van der Waals surface area (Å²) < 4.78 is 13.1. The van der Waals surface area contributed by atoms with Crippen molar-refractivity contribution in [2.24, 2.45) is 0 Å². The van der Waals surface area contributed by atoms with Gasteiger partial charge in [0, 0.05) is 43.8 Å². The van der Waals surface area contributed by atoms with Crippen LogP contribution in [0, 0.1) is 0 Å². The predicted molar refractivity (Wildman–Crippen MR) is 229 cm³/mol. The Morgan fingerprint density at radius 1 is 0.304 bits per heavy atom. The predicted octanol–water partition coefficient (Wildman–Crippen LogP) is 13.8. The first-order valence-corrected chi connectivity index (χ1v) is 18.8. The number of hydrogen-bond acceptors (Lipinski definition) is 5. The molecule has 12 aromatic rings. The average Bonchev–Trinajstić information content (AvgIpc) is 3.83. The number of furan rings is 2. The van der Waals surface area contributed by atoms with E-state index >= 15 is 0 Å². The zero-order valence-electron chi connectivity index (χ0n) is 29.9. The summed E-state index contributed by atoms with van der Waals surface area (Å²) in [4.78, 5) is 15.7. The Balaban J connectivity index is 1.13. The van der Waals surface area contributed by atoms with Gasteiger partial charge in [0.25, 0.3) is 0 Å². The average molecular weight is 716 g/mol. The lowest BCUT2D eigenvalue weighted by Gasteiger charge is -2.12. The lowest BCUT2D eigenvalue weighted by atomic mass is 9.97. The van der Waals surface area contributed by atoms with Crippen molar-refractivity contribution < 1.29 is 8.83 Å². The summed E-state index contributed by atoms with van der Waals surface area (Å²) in [6, 6.07) is 61.0. The molecule has 0 amide bonds. The van der Waals surface area contributed by atoms with Gasteiger partial charge in [0.1, 0.15) is 22.3 Å². The van der Waals surface area contributed by atoms with Crippen molar-refractivity contribution in [3.05, 3.63) is 176 Å². The zero-order chi connectivity index (χ0) is 36.7. The van der Waals surface area contributed by atoms with Crippen molar-refractivity contribution in [3.63, 3.8) is 0 Å². The van der Waals surface area contributed by atoms with Crippen LogP contribution >= 0.6 is 0 Å². The minimum absolute atomic E-state index is 0.560. The Morgan fingerprint density at radius 2 is 0.893 bits per heavy atom. The fraction of sp³-hybridized carbons (Fsp3) is 0. The van der Waals surface area contributed by atoms with Crippen molar-refractivity contribution in [2.45, 2.75) is 0 Å². The van der Waals surface area contributed by atoms with E-state index in [9.17, 15) is 0 Å². The van der Waals surface area contributed by atoms with Crippen molar-refractivity contribution >= 4 is 76.2 Å².